The first-order valence-electron chi connectivity index (χ1n) is 4.69. The fraction of sp³-hybridized carbons (Fsp3) is 0.273. The van der Waals surface area contributed by atoms with Crippen molar-refractivity contribution in [3.05, 3.63) is 33.9 Å². The van der Waals surface area contributed by atoms with Crippen LogP contribution in [0.2, 0.25) is 0 Å². The van der Waals surface area contributed by atoms with Gasteiger partial charge in [-0.25, -0.2) is 0 Å². The molecule has 74 valence electrons. The monoisotopic (exact) mass is 252 g/mol. The summed E-state index contributed by atoms with van der Waals surface area (Å²) in [5.41, 5.74) is 9.27. The SMILES string of the molecule is Cc1ccc2c(CCN)c[nH]c2c1Br. The lowest BCUT2D eigenvalue weighted by Crippen LogP contribution is -2.01. The second-order valence-electron chi connectivity index (χ2n) is 3.47. The van der Waals surface area contributed by atoms with Crippen molar-refractivity contribution in [1.82, 2.24) is 4.98 Å². The number of aromatic amines is 1. The topological polar surface area (TPSA) is 41.8 Å². The summed E-state index contributed by atoms with van der Waals surface area (Å²) in [5.74, 6) is 0. The Hall–Kier alpha value is -0.800. The summed E-state index contributed by atoms with van der Waals surface area (Å²) in [7, 11) is 0. The summed E-state index contributed by atoms with van der Waals surface area (Å²) in [5, 5.41) is 1.27. The van der Waals surface area contributed by atoms with E-state index in [1.807, 2.05) is 6.20 Å². The third kappa shape index (κ3) is 1.47. The van der Waals surface area contributed by atoms with Crippen LogP contribution < -0.4 is 5.73 Å². The molecule has 0 fully saturated rings. The van der Waals surface area contributed by atoms with E-state index >= 15 is 0 Å². The summed E-state index contributed by atoms with van der Waals surface area (Å²) in [4.78, 5) is 3.28. The van der Waals surface area contributed by atoms with Crippen LogP contribution in [0.5, 0.6) is 0 Å². The average molecular weight is 253 g/mol. The highest BCUT2D eigenvalue weighted by Gasteiger charge is 2.06. The van der Waals surface area contributed by atoms with Gasteiger partial charge in [0.25, 0.3) is 0 Å². The summed E-state index contributed by atoms with van der Waals surface area (Å²) in [6.07, 6.45) is 2.97. The van der Waals surface area contributed by atoms with Crippen LogP contribution in [0, 0.1) is 6.92 Å². The van der Waals surface area contributed by atoms with Gasteiger partial charge in [-0.3, -0.25) is 0 Å². The van der Waals surface area contributed by atoms with Crippen LogP contribution in [0.25, 0.3) is 10.9 Å². The van der Waals surface area contributed by atoms with Gasteiger partial charge in [-0.05, 0) is 46.9 Å². The molecule has 0 aliphatic rings. The van der Waals surface area contributed by atoms with Crippen molar-refractivity contribution in [1.29, 1.82) is 0 Å². The Bertz CT molecular complexity index is 460. The third-order valence-corrected chi connectivity index (χ3v) is 3.51. The van der Waals surface area contributed by atoms with Gasteiger partial charge < -0.3 is 10.7 Å². The van der Waals surface area contributed by atoms with Gasteiger partial charge in [0.15, 0.2) is 0 Å². The molecular formula is C11H13BrN2. The zero-order chi connectivity index (χ0) is 10.1. The number of nitrogens with two attached hydrogens (primary N) is 1. The van der Waals surface area contributed by atoms with Gasteiger partial charge in [0, 0.05) is 16.1 Å². The molecule has 0 amide bonds. The molecule has 0 atom stereocenters. The molecule has 3 heteroatoms. The Kier molecular flexibility index (Phi) is 2.61. The fourth-order valence-corrected chi connectivity index (χ4v) is 2.15. The molecule has 0 radical (unpaired) electrons. The standard InChI is InChI=1S/C11H13BrN2/c1-7-2-3-9-8(4-5-13)6-14-11(9)10(7)12/h2-3,6,14H,4-5,13H2,1H3. The number of H-pyrrole nitrogens is 1. The van der Waals surface area contributed by atoms with Gasteiger partial charge in [-0.2, -0.15) is 0 Å². The van der Waals surface area contributed by atoms with Crippen LogP contribution in [-0.4, -0.2) is 11.5 Å². The van der Waals surface area contributed by atoms with E-state index in [4.69, 9.17) is 5.73 Å². The lowest BCUT2D eigenvalue weighted by atomic mass is 10.1. The quantitative estimate of drug-likeness (QED) is 0.848. The molecule has 2 rings (SSSR count). The number of nitrogens with one attached hydrogen (secondary N) is 1. The summed E-state index contributed by atoms with van der Waals surface area (Å²) < 4.78 is 1.15. The summed E-state index contributed by atoms with van der Waals surface area (Å²) >= 11 is 3.58. The lowest BCUT2D eigenvalue weighted by Gasteiger charge is -2.00. The number of aromatic nitrogens is 1. The van der Waals surface area contributed by atoms with Crippen molar-refractivity contribution >= 4 is 26.8 Å². The van der Waals surface area contributed by atoms with Crippen LogP contribution in [0.1, 0.15) is 11.1 Å². The minimum Gasteiger partial charge on any atom is -0.360 e. The molecule has 1 aromatic heterocycles. The molecule has 0 saturated heterocycles. The first-order chi connectivity index (χ1) is 6.74. The average Bonchev–Trinajstić information content (AvgIpc) is 2.57. The number of hydrogen-bond acceptors (Lipinski definition) is 1. The maximum atomic E-state index is 5.55. The number of fused-ring (bicyclic) bond motifs is 1. The molecule has 0 bridgehead atoms. The molecule has 0 spiro atoms. The Labute approximate surface area is 91.6 Å². The van der Waals surface area contributed by atoms with Gasteiger partial charge in [0.2, 0.25) is 0 Å². The molecular weight excluding hydrogens is 240 g/mol. The van der Waals surface area contributed by atoms with Crippen molar-refractivity contribution in [2.75, 3.05) is 6.54 Å². The highest BCUT2D eigenvalue weighted by molar-refractivity contribution is 9.10. The van der Waals surface area contributed by atoms with Crippen LogP contribution in [-0.2, 0) is 6.42 Å². The predicted molar refractivity (Wildman–Crippen MR) is 63.5 cm³/mol. The normalized spacial score (nSPS) is 11.1. The molecule has 1 heterocycles. The van der Waals surface area contributed by atoms with E-state index in [1.54, 1.807) is 0 Å². The van der Waals surface area contributed by atoms with Crippen molar-refractivity contribution < 1.29 is 0 Å². The Balaban J connectivity index is 2.64. The minimum atomic E-state index is 0.693. The first kappa shape index (κ1) is 9.74. The highest BCUT2D eigenvalue weighted by atomic mass is 79.9. The molecule has 3 N–H and O–H groups in total. The highest BCUT2D eigenvalue weighted by Crippen LogP contribution is 2.28. The number of aryl methyl sites for hydroxylation is 1. The molecule has 0 saturated carbocycles. The lowest BCUT2D eigenvalue weighted by molar-refractivity contribution is 0.976. The third-order valence-electron chi connectivity index (χ3n) is 2.49. The van der Waals surface area contributed by atoms with Crippen LogP contribution in [0.15, 0.2) is 22.8 Å². The van der Waals surface area contributed by atoms with Gasteiger partial charge in [-0.15, -0.1) is 0 Å². The molecule has 0 aliphatic heterocycles. The van der Waals surface area contributed by atoms with E-state index < -0.39 is 0 Å². The van der Waals surface area contributed by atoms with Crippen molar-refractivity contribution in [2.24, 2.45) is 5.73 Å². The van der Waals surface area contributed by atoms with Crippen LogP contribution in [0.3, 0.4) is 0 Å². The smallest absolute Gasteiger partial charge is 0.0603 e. The van der Waals surface area contributed by atoms with Gasteiger partial charge in [0.05, 0.1) is 5.52 Å². The summed E-state index contributed by atoms with van der Waals surface area (Å²) in [6.45, 7) is 2.78. The van der Waals surface area contributed by atoms with Crippen molar-refractivity contribution in [3.8, 4) is 0 Å². The summed E-state index contributed by atoms with van der Waals surface area (Å²) in [6, 6.07) is 4.27. The van der Waals surface area contributed by atoms with E-state index in [-0.39, 0.29) is 0 Å². The minimum absolute atomic E-state index is 0.693. The zero-order valence-corrected chi connectivity index (χ0v) is 9.69. The Morgan fingerprint density at radius 1 is 1.43 bits per heavy atom. The van der Waals surface area contributed by atoms with E-state index in [0.29, 0.717) is 6.54 Å². The fourth-order valence-electron chi connectivity index (χ4n) is 1.69. The zero-order valence-electron chi connectivity index (χ0n) is 8.10. The molecule has 0 unspecified atom stereocenters. The van der Waals surface area contributed by atoms with Crippen LogP contribution >= 0.6 is 15.9 Å². The van der Waals surface area contributed by atoms with E-state index in [9.17, 15) is 0 Å². The molecule has 2 nitrogen and oxygen atoms in total. The molecule has 14 heavy (non-hydrogen) atoms. The predicted octanol–water partition coefficient (Wildman–Crippen LogP) is 2.74. The second kappa shape index (κ2) is 3.75. The maximum Gasteiger partial charge on any atom is 0.0603 e. The number of benzene rings is 1. The first-order valence-corrected chi connectivity index (χ1v) is 5.48. The molecule has 0 aliphatic carbocycles. The van der Waals surface area contributed by atoms with Gasteiger partial charge in [-0.1, -0.05) is 12.1 Å². The van der Waals surface area contributed by atoms with E-state index in [2.05, 4.69) is 40.0 Å². The van der Waals surface area contributed by atoms with Crippen LogP contribution in [0.4, 0.5) is 0 Å². The Morgan fingerprint density at radius 3 is 2.93 bits per heavy atom. The van der Waals surface area contributed by atoms with Gasteiger partial charge >= 0.3 is 0 Å². The number of halogens is 1. The van der Waals surface area contributed by atoms with E-state index in [0.717, 1.165) is 10.9 Å². The second-order valence-corrected chi connectivity index (χ2v) is 4.26. The van der Waals surface area contributed by atoms with Crippen molar-refractivity contribution in [3.63, 3.8) is 0 Å². The molecule has 1 aromatic carbocycles. The van der Waals surface area contributed by atoms with Crippen molar-refractivity contribution in [2.45, 2.75) is 13.3 Å². The largest absolute Gasteiger partial charge is 0.360 e. The number of hydrogen-bond donors (Lipinski definition) is 2. The van der Waals surface area contributed by atoms with Gasteiger partial charge in [0.1, 0.15) is 0 Å². The Morgan fingerprint density at radius 2 is 2.21 bits per heavy atom. The molecule has 2 aromatic rings. The maximum absolute atomic E-state index is 5.55. The van der Waals surface area contributed by atoms with E-state index in [1.165, 1.54) is 22.0 Å². The number of rotatable bonds is 2.